The Morgan fingerprint density at radius 1 is 0.578 bits per heavy atom. The fourth-order valence-electron chi connectivity index (χ4n) is 8.92. The van der Waals surface area contributed by atoms with Crippen molar-refractivity contribution in [2.45, 2.75) is 81.1 Å². The molecule has 4 aromatic heterocycles. The van der Waals surface area contributed by atoms with Gasteiger partial charge in [-0.2, -0.15) is 10.5 Å². The highest BCUT2D eigenvalue weighted by Gasteiger charge is 2.25. The van der Waals surface area contributed by atoms with Gasteiger partial charge < -0.3 is 19.4 Å². The predicted octanol–water partition coefficient (Wildman–Crippen LogP) is 13.2. The van der Waals surface area contributed by atoms with Crippen LogP contribution in [0.5, 0.6) is 11.5 Å². The van der Waals surface area contributed by atoms with Crippen molar-refractivity contribution in [3.8, 4) is 46.2 Å². The van der Waals surface area contributed by atoms with Crippen LogP contribution in [0.1, 0.15) is 91.1 Å². The first-order valence-corrected chi connectivity index (χ1v) is 23.8. The third kappa shape index (κ3) is 9.95. The van der Waals surface area contributed by atoms with Gasteiger partial charge in [0.1, 0.15) is 44.8 Å². The second-order valence-corrected chi connectivity index (χ2v) is 21.6. The van der Waals surface area contributed by atoms with Crippen molar-refractivity contribution < 1.29 is 9.47 Å². The largest absolute Gasteiger partial charge is 0.494 e. The molecule has 0 saturated carbocycles. The van der Waals surface area contributed by atoms with E-state index in [1.807, 2.05) is 97.1 Å². The minimum Gasteiger partial charge on any atom is -0.494 e. The second-order valence-electron chi connectivity index (χ2n) is 19.5. The normalized spacial score (nSPS) is 14.0. The number of nitrogens with zero attached hydrogens (tertiary/aromatic N) is 4. The monoisotopic (exact) mass is 884 g/mol. The minimum atomic E-state index is 0.270. The number of hydrogen-bond donors (Lipinski definition) is 2. The van der Waals surface area contributed by atoms with E-state index in [4.69, 9.17) is 19.4 Å². The summed E-state index contributed by atoms with van der Waals surface area (Å²) in [6.07, 6.45) is 4.20. The number of hydrogen-bond acceptors (Lipinski definition) is 8. The average molecular weight is 885 g/mol. The Balaban J connectivity index is 1.30. The van der Waals surface area contributed by atoms with Crippen molar-refractivity contribution in [1.82, 2.24) is 19.9 Å². The van der Waals surface area contributed by atoms with Gasteiger partial charge in [0.25, 0.3) is 0 Å². The molecule has 0 amide bonds. The highest BCUT2D eigenvalue weighted by molar-refractivity contribution is 7.20. The van der Waals surface area contributed by atoms with Crippen LogP contribution >= 0.6 is 22.7 Å². The molecule has 4 aromatic carbocycles. The highest BCUT2D eigenvalue weighted by Crippen LogP contribution is 2.36. The minimum absolute atomic E-state index is 0.270. The third-order valence-corrected chi connectivity index (χ3v) is 13.6. The maximum Gasteiger partial charge on any atom is 0.137 e. The molecular formula is C54H56N6O2S2. The summed E-state index contributed by atoms with van der Waals surface area (Å²) in [6, 6.07) is 37.1. The van der Waals surface area contributed by atoms with Gasteiger partial charge in [-0.05, 0) is 132 Å². The summed E-state index contributed by atoms with van der Waals surface area (Å²) in [6.45, 7) is 19.5. The molecule has 8 rings (SSSR count). The Morgan fingerprint density at radius 3 is 1.30 bits per heavy atom. The second kappa shape index (κ2) is 18.5. The number of aromatic nitrogens is 4. The zero-order valence-corrected chi connectivity index (χ0v) is 39.7. The Morgan fingerprint density at radius 2 is 0.953 bits per heavy atom. The molecule has 0 saturated heterocycles. The maximum atomic E-state index is 11.1. The zero-order chi connectivity index (χ0) is 45.2. The van der Waals surface area contributed by atoms with E-state index in [0.717, 1.165) is 90.9 Å². The van der Waals surface area contributed by atoms with Crippen LogP contribution in [-0.4, -0.2) is 33.1 Å². The molecule has 10 heteroatoms. The lowest BCUT2D eigenvalue weighted by Crippen LogP contribution is -2.13. The van der Waals surface area contributed by atoms with Gasteiger partial charge in [0, 0.05) is 10.8 Å². The van der Waals surface area contributed by atoms with Crippen LogP contribution in [0.15, 0.2) is 97.1 Å². The van der Waals surface area contributed by atoms with Crippen LogP contribution < -0.4 is 20.2 Å². The van der Waals surface area contributed by atoms with Gasteiger partial charge in [-0.15, -0.1) is 22.7 Å². The summed E-state index contributed by atoms with van der Waals surface area (Å²) >= 11 is 2.97. The molecule has 0 aliphatic rings. The summed E-state index contributed by atoms with van der Waals surface area (Å²) in [5.74, 6) is 2.66. The van der Waals surface area contributed by atoms with Crippen LogP contribution in [0.3, 0.4) is 0 Å². The van der Waals surface area contributed by atoms with Gasteiger partial charge >= 0.3 is 0 Å². The lowest BCUT2D eigenvalue weighted by Gasteiger charge is -2.23. The number of para-hydroxylation sites is 2. The Bertz CT molecular complexity index is 2860. The lowest BCUT2D eigenvalue weighted by atomic mass is 9.84. The maximum absolute atomic E-state index is 11.1. The Kier molecular flexibility index (Phi) is 12.8. The van der Waals surface area contributed by atoms with Crippen LogP contribution in [0, 0.1) is 45.3 Å². The molecule has 64 heavy (non-hydrogen) atoms. The fraction of sp³-hybridized carbons (Fsp3) is 0.333. The molecule has 0 aliphatic heterocycles. The molecule has 8 aromatic rings. The summed E-state index contributed by atoms with van der Waals surface area (Å²) in [7, 11) is 0. The molecule has 2 N–H and O–H groups in total. The van der Waals surface area contributed by atoms with E-state index in [2.05, 4.69) is 77.5 Å². The number of benzene rings is 4. The van der Waals surface area contributed by atoms with E-state index in [0.29, 0.717) is 56.9 Å². The molecule has 2 unspecified atom stereocenters. The number of ether oxygens (including phenoxy) is 2. The number of aromatic amines is 2. The number of nitriles is 2. The standard InChI is InChI=1S/C54H56N6O2S2/c1-33(29-53(3,4)5)25-27-61-37-21-17-35(18-22-37)47-45-46(50(59-47)40(32-56)52-58-42-14-10-12-16-44(42)64-52)48(36-19-23-38(24-20-36)62-28-26-34(2)30-54(6,7)8)60-49(45)39(31-55)51-57-41-13-9-11-15-43(41)63-51/h9-24,33-34,59-60H,25-30H2,1-8H3/b49-39-,50-40-. The topological polar surface area (TPSA) is 123 Å². The fourth-order valence-corrected chi connectivity index (χ4v) is 10.9. The molecular weight excluding hydrogens is 829 g/mol. The van der Waals surface area contributed by atoms with E-state index in [1.165, 1.54) is 22.7 Å². The molecule has 2 atom stereocenters. The highest BCUT2D eigenvalue weighted by atomic mass is 32.1. The SMILES string of the molecule is CC(CCOc1ccc(-c2[nH]/c(=C(/C#N)c3nc4ccccc4s3)c3c(-c4ccc(OCCC(C)CC(C)(C)C)cc4)[nH]/c(=C(/C#N)c4nc5ccccc5s4)c23)cc1)CC(C)(C)C. The van der Waals surface area contributed by atoms with E-state index in [9.17, 15) is 10.5 Å². The summed E-state index contributed by atoms with van der Waals surface area (Å²) in [5.41, 5.74) is 6.31. The molecule has 0 fully saturated rings. The first kappa shape index (κ1) is 44.4. The van der Waals surface area contributed by atoms with Crippen molar-refractivity contribution in [2.75, 3.05) is 13.2 Å². The summed E-state index contributed by atoms with van der Waals surface area (Å²) in [4.78, 5) is 17.4. The number of H-pyrrole nitrogens is 2. The van der Waals surface area contributed by atoms with Crippen molar-refractivity contribution in [3.63, 3.8) is 0 Å². The number of rotatable bonds is 14. The van der Waals surface area contributed by atoms with Crippen LogP contribution in [0.4, 0.5) is 0 Å². The van der Waals surface area contributed by atoms with Gasteiger partial charge in [0.2, 0.25) is 0 Å². The molecule has 0 aliphatic carbocycles. The Hall–Kier alpha value is -6.20. The van der Waals surface area contributed by atoms with Gasteiger partial charge in [0.05, 0.1) is 55.7 Å². The van der Waals surface area contributed by atoms with Gasteiger partial charge in [-0.3, -0.25) is 0 Å². The summed E-state index contributed by atoms with van der Waals surface area (Å²) < 4.78 is 14.5. The zero-order valence-electron chi connectivity index (χ0n) is 38.1. The average Bonchev–Trinajstić information content (AvgIpc) is 4.04. The quantitative estimate of drug-likeness (QED) is 0.112. The van der Waals surface area contributed by atoms with E-state index >= 15 is 0 Å². The smallest absolute Gasteiger partial charge is 0.137 e. The van der Waals surface area contributed by atoms with Crippen molar-refractivity contribution in [1.29, 1.82) is 10.5 Å². The van der Waals surface area contributed by atoms with Crippen molar-refractivity contribution >= 4 is 65.0 Å². The first-order valence-electron chi connectivity index (χ1n) is 22.2. The molecule has 4 heterocycles. The lowest BCUT2D eigenvalue weighted by molar-refractivity contribution is 0.240. The Labute approximate surface area is 384 Å². The van der Waals surface area contributed by atoms with E-state index in [-0.39, 0.29) is 10.8 Å². The molecule has 0 bridgehead atoms. The van der Waals surface area contributed by atoms with Gasteiger partial charge in [-0.25, -0.2) is 9.97 Å². The predicted molar refractivity (Wildman–Crippen MR) is 265 cm³/mol. The molecule has 0 spiro atoms. The number of thiazole rings is 2. The molecule has 8 nitrogen and oxygen atoms in total. The van der Waals surface area contributed by atoms with Gasteiger partial charge in [0.15, 0.2) is 0 Å². The van der Waals surface area contributed by atoms with Crippen molar-refractivity contribution in [3.05, 3.63) is 118 Å². The van der Waals surface area contributed by atoms with Crippen LogP contribution in [-0.2, 0) is 0 Å². The van der Waals surface area contributed by atoms with Crippen LogP contribution in [0.2, 0.25) is 0 Å². The number of nitrogens with one attached hydrogen (secondary N) is 2. The van der Waals surface area contributed by atoms with Crippen LogP contribution in [0.25, 0.3) is 64.9 Å². The van der Waals surface area contributed by atoms with E-state index in [1.54, 1.807) is 0 Å². The summed E-state index contributed by atoms with van der Waals surface area (Å²) in [5, 5.41) is 26.2. The first-order chi connectivity index (χ1) is 30.7. The molecule has 0 radical (unpaired) electrons. The third-order valence-electron chi connectivity index (χ3n) is 11.5. The van der Waals surface area contributed by atoms with Gasteiger partial charge in [-0.1, -0.05) is 79.7 Å². The number of fused-ring (bicyclic) bond motifs is 3. The van der Waals surface area contributed by atoms with E-state index < -0.39 is 0 Å². The molecule has 326 valence electrons. The van der Waals surface area contributed by atoms with Crippen molar-refractivity contribution in [2.24, 2.45) is 22.7 Å².